The Labute approximate surface area is 166 Å². The van der Waals surface area contributed by atoms with E-state index in [1.165, 1.54) is 11.1 Å². The van der Waals surface area contributed by atoms with E-state index in [-0.39, 0.29) is 11.0 Å². The fraction of sp³-hybridized carbons (Fsp3) is 0.652. The molecule has 0 aromatic heterocycles. The van der Waals surface area contributed by atoms with Gasteiger partial charge in [-0.25, -0.2) is 0 Å². The Balaban J connectivity index is 1.90. The van der Waals surface area contributed by atoms with Gasteiger partial charge >= 0.3 is 0 Å². The molecule has 3 atom stereocenters. The highest BCUT2D eigenvalue weighted by Gasteiger charge is 2.38. The Kier molecular flexibility index (Phi) is 6.99. The fourth-order valence-corrected chi connectivity index (χ4v) is 4.48. The minimum Gasteiger partial charge on any atom is -0.497 e. The number of hydrogen-bond acceptors (Lipinski definition) is 3. The van der Waals surface area contributed by atoms with E-state index in [0.29, 0.717) is 12.5 Å². The van der Waals surface area contributed by atoms with Gasteiger partial charge in [0.1, 0.15) is 5.75 Å². The lowest BCUT2D eigenvalue weighted by Gasteiger charge is -2.38. The van der Waals surface area contributed by atoms with Crippen molar-refractivity contribution in [3.63, 3.8) is 0 Å². The Hall–Kier alpha value is -1.10. The Bertz CT molecular complexity index is 660. The number of rotatable bonds is 9. The van der Waals surface area contributed by atoms with Crippen LogP contribution in [-0.2, 0) is 10.8 Å². The molecule has 1 aliphatic rings. The SMILES string of the molecule is C=C(C)[C@H](CO[Si](C)(C)C(C)(C)C)[C@@H](O)CCC1Cc2cc(OC)ccc21. The maximum Gasteiger partial charge on any atom is 0.192 e. The maximum absolute atomic E-state index is 10.8. The van der Waals surface area contributed by atoms with Crippen LogP contribution in [0.3, 0.4) is 0 Å². The second-order valence-electron chi connectivity index (χ2n) is 9.63. The quantitative estimate of drug-likeness (QED) is 0.435. The highest BCUT2D eigenvalue weighted by molar-refractivity contribution is 6.74. The third-order valence-corrected chi connectivity index (χ3v) is 11.1. The van der Waals surface area contributed by atoms with Crippen LogP contribution < -0.4 is 4.74 Å². The van der Waals surface area contributed by atoms with E-state index in [2.05, 4.69) is 52.6 Å². The van der Waals surface area contributed by atoms with Crippen LogP contribution in [0.4, 0.5) is 0 Å². The highest BCUT2D eigenvalue weighted by atomic mass is 28.4. The van der Waals surface area contributed by atoms with Crippen LogP contribution in [0.2, 0.25) is 18.1 Å². The second kappa shape index (κ2) is 8.50. The maximum atomic E-state index is 10.8. The lowest BCUT2D eigenvalue weighted by atomic mass is 9.74. The smallest absolute Gasteiger partial charge is 0.192 e. The van der Waals surface area contributed by atoms with Gasteiger partial charge < -0.3 is 14.3 Å². The summed E-state index contributed by atoms with van der Waals surface area (Å²) in [6.07, 6.45) is 2.48. The molecule has 27 heavy (non-hydrogen) atoms. The van der Waals surface area contributed by atoms with Gasteiger partial charge in [0.05, 0.1) is 13.2 Å². The van der Waals surface area contributed by atoms with Gasteiger partial charge in [0.25, 0.3) is 0 Å². The Morgan fingerprint density at radius 3 is 2.52 bits per heavy atom. The van der Waals surface area contributed by atoms with E-state index in [1.54, 1.807) is 7.11 Å². The van der Waals surface area contributed by atoms with Crippen molar-refractivity contribution in [3.8, 4) is 5.75 Å². The summed E-state index contributed by atoms with van der Waals surface area (Å²) in [5.41, 5.74) is 3.80. The number of ether oxygens (including phenoxy) is 1. The lowest BCUT2D eigenvalue weighted by Crippen LogP contribution is -2.43. The molecule has 0 radical (unpaired) electrons. The van der Waals surface area contributed by atoms with Crippen LogP contribution in [0.15, 0.2) is 30.4 Å². The van der Waals surface area contributed by atoms with Gasteiger partial charge in [-0.05, 0) is 73.5 Å². The molecule has 152 valence electrons. The summed E-state index contributed by atoms with van der Waals surface area (Å²) in [6, 6.07) is 6.34. The molecule has 1 aromatic rings. The average molecular weight is 391 g/mol. The predicted molar refractivity (Wildman–Crippen MR) is 116 cm³/mol. The average Bonchev–Trinajstić information content (AvgIpc) is 2.54. The summed E-state index contributed by atoms with van der Waals surface area (Å²) in [7, 11) is -0.114. The highest BCUT2D eigenvalue weighted by Crippen LogP contribution is 2.41. The molecule has 0 saturated heterocycles. The number of aliphatic hydroxyl groups excluding tert-OH is 1. The summed E-state index contributed by atoms with van der Waals surface area (Å²) in [6.45, 7) is 18.0. The van der Waals surface area contributed by atoms with Crippen molar-refractivity contribution in [1.29, 1.82) is 0 Å². The molecular formula is C23H38O3Si. The molecule has 3 nitrogen and oxygen atoms in total. The molecular weight excluding hydrogens is 352 g/mol. The molecule has 0 saturated carbocycles. The van der Waals surface area contributed by atoms with Crippen LogP contribution >= 0.6 is 0 Å². The fourth-order valence-electron chi connectivity index (χ4n) is 3.46. The van der Waals surface area contributed by atoms with E-state index < -0.39 is 14.4 Å². The number of methoxy groups -OCH3 is 1. The molecule has 0 spiro atoms. The monoisotopic (exact) mass is 390 g/mol. The van der Waals surface area contributed by atoms with Gasteiger partial charge in [-0.15, -0.1) is 0 Å². The van der Waals surface area contributed by atoms with Crippen molar-refractivity contribution >= 4 is 8.32 Å². The lowest BCUT2D eigenvalue weighted by molar-refractivity contribution is 0.0782. The number of benzene rings is 1. The topological polar surface area (TPSA) is 38.7 Å². The van der Waals surface area contributed by atoms with Crippen LogP contribution in [0.5, 0.6) is 5.75 Å². The molecule has 0 heterocycles. The van der Waals surface area contributed by atoms with Crippen LogP contribution in [-0.4, -0.2) is 33.2 Å². The summed E-state index contributed by atoms with van der Waals surface area (Å²) < 4.78 is 11.7. The van der Waals surface area contributed by atoms with Gasteiger partial charge in [0.15, 0.2) is 8.32 Å². The predicted octanol–water partition coefficient (Wildman–Crippen LogP) is 5.69. The minimum atomic E-state index is -1.82. The normalized spacial score (nSPS) is 19.0. The van der Waals surface area contributed by atoms with E-state index in [0.717, 1.165) is 30.6 Å². The molecule has 0 fully saturated rings. The first kappa shape index (κ1) is 22.2. The van der Waals surface area contributed by atoms with Crippen LogP contribution in [0.25, 0.3) is 0 Å². The van der Waals surface area contributed by atoms with Crippen molar-refractivity contribution in [2.24, 2.45) is 5.92 Å². The largest absolute Gasteiger partial charge is 0.497 e. The minimum absolute atomic E-state index is 0.00883. The third-order valence-electron chi connectivity index (χ3n) is 6.59. The van der Waals surface area contributed by atoms with Gasteiger partial charge in [0.2, 0.25) is 0 Å². The van der Waals surface area contributed by atoms with Gasteiger partial charge in [-0.3, -0.25) is 0 Å². The van der Waals surface area contributed by atoms with E-state index in [9.17, 15) is 5.11 Å². The van der Waals surface area contributed by atoms with E-state index in [1.807, 2.05) is 13.0 Å². The Morgan fingerprint density at radius 2 is 2.00 bits per heavy atom. The molecule has 1 aliphatic carbocycles. The van der Waals surface area contributed by atoms with E-state index >= 15 is 0 Å². The number of hydrogen-bond donors (Lipinski definition) is 1. The molecule has 0 bridgehead atoms. The molecule has 2 rings (SSSR count). The second-order valence-corrected chi connectivity index (χ2v) is 14.4. The summed E-state index contributed by atoms with van der Waals surface area (Å²) in [5.74, 6) is 1.49. The summed E-state index contributed by atoms with van der Waals surface area (Å²) >= 11 is 0. The zero-order valence-electron chi connectivity index (χ0n) is 18.3. The first-order valence-electron chi connectivity index (χ1n) is 10.1. The van der Waals surface area contributed by atoms with Crippen molar-refractivity contribution in [1.82, 2.24) is 0 Å². The standard InChI is InChI=1S/C23H38O3Si/c1-16(2)21(15-26-27(7,8)23(3,4)5)22(24)12-9-17-13-18-14-19(25-6)10-11-20(17)18/h10-11,14,17,21-22,24H,1,9,12-13,15H2,2-8H3/t17?,21-,22-/m0/s1. The first-order valence-corrected chi connectivity index (χ1v) is 13.0. The zero-order valence-corrected chi connectivity index (χ0v) is 19.3. The van der Waals surface area contributed by atoms with Crippen molar-refractivity contribution < 1.29 is 14.3 Å². The van der Waals surface area contributed by atoms with Crippen molar-refractivity contribution in [2.75, 3.05) is 13.7 Å². The van der Waals surface area contributed by atoms with E-state index in [4.69, 9.17) is 9.16 Å². The van der Waals surface area contributed by atoms with Crippen LogP contribution in [0.1, 0.15) is 57.6 Å². The van der Waals surface area contributed by atoms with Gasteiger partial charge in [-0.2, -0.15) is 0 Å². The zero-order chi connectivity index (χ0) is 20.4. The molecule has 4 heteroatoms. The first-order chi connectivity index (χ1) is 12.5. The molecule has 0 amide bonds. The van der Waals surface area contributed by atoms with Crippen LogP contribution in [0, 0.1) is 5.92 Å². The molecule has 1 N–H and O–H groups in total. The number of aliphatic hydroxyl groups is 1. The number of fused-ring (bicyclic) bond motifs is 1. The van der Waals surface area contributed by atoms with Gasteiger partial charge in [0, 0.05) is 12.5 Å². The molecule has 1 unspecified atom stereocenters. The third kappa shape index (κ3) is 5.24. The Morgan fingerprint density at radius 1 is 1.33 bits per heavy atom. The van der Waals surface area contributed by atoms with Crippen molar-refractivity contribution in [2.45, 2.75) is 77.1 Å². The molecule has 0 aliphatic heterocycles. The van der Waals surface area contributed by atoms with Crippen molar-refractivity contribution in [3.05, 3.63) is 41.5 Å². The summed E-state index contributed by atoms with van der Waals surface area (Å²) in [5, 5.41) is 11.0. The summed E-state index contributed by atoms with van der Waals surface area (Å²) in [4.78, 5) is 0. The molecule has 1 aromatic carbocycles. The van der Waals surface area contributed by atoms with Gasteiger partial charge in [-0.1, -0.05) is 39.0 Å².